The van der Waals surface area contributed by atoms with Crippen LogP contribution < -0.4 is 0 Å². The predicted molar refractivity (Wildman–Crippen MR) is 96.3 cm³/mol. The SMILES string of the molecule is CC[C@@H](C(=O)N1CCc2c(cnc3cc(C)nn23)C1)c1ccccc1. The van der Waals surface area contributed by atoms with Crippen LogP contribution in [0.1, 0.15) is 41.8 Å². The highest BCUT2D eigenvalue weighted by atomic mass is 16.2. The van der Waals surface area contributed by atoms with E-state index in [4.69, 9.17) is 0 Å². The van der Waals surface area contributed by atoms with Crippen molar-refractivity contribution in [1.82, 2.24) is 19.5 Å². The van der Waals surface area contributed by atoms with E-state index in [0.29, 0.717) is 6.54 Å². The molecule has 128 valence electrons. The van der Waals surface area contributed by atoms with Gasteiger partial charge in [-0.2, -0.15) is 5.10 Å². The zero-order valence-electron chi connectivity index (χ0n) is 14.6. The van der Waals surface area contributed by atoms with Crippen LogP contribution in [-0.2, 0) is 17.8 Å². The summed E-state index contributed by atoms with van der Waals surface area (Å²) in [7, 11) is 0. The Labute approximate surface area is 147 Å². The van der Waals surface area contributed by atoms with Gasteiger partial charge < -0.3 is 4.90 Å². The molecule has 3 heterocycles. The summed E-state index contributed by atoms with van der Waals surface area (Å²) in [5, 5.41) is 4.55. The maximum Gasteiger partial charge on any atom is 0.230 e. The van der Waals surface area contributed by atoms with Gasteiger partial charge in [-0.3, -0.25) is 4.79 Å². The van der Waals surface area contributed by atoms with Crippen LogP contribution in [-0.4, -0.2) is 31.9 Å². The van der Waals surface area contributed by atoms with Gasteiger partial charge in [0.1, 0.15) is 0 Å². The first-order chi connectivity index (χ1) is 12.2. The number of fused-ring (bicyclic) bond motifs is 3. The second-order valence-corrected chi connectivity index (χ2v) is 6.67. The molecular weight excluding hydrogens is 312 g/mol. The van der Waals surface area contributed by atoms with Gasteiger partial charge in [0.15, 0.2) is 5.65 Å². The molecule has 25 heavy (non-hydrogen) atoms. The first kappa shape index (κ1) is 15.8. The molecule has 0 spiro atoms. The molecule has 5 heteroatoms. The van der Waals surface area contributed by atoms with Crippen LogP contribution in [0.15, 0.2) is 42.6 Å². The maximum atomic E-state index is 13.1. The van der Waals surface area contributed by atoms with Crippen molar-refractivity contribution >= 4 is 11.6 Å². The summed E-state index contributed by atoms with van der Waals surface area (Å²) in [6.45, 7) is 5.39. The van der Waals surface area contributed by atoms with E-state index < -0.39 is 0 Å². The molecule has 0 N–H and O–H groups in total. The van der Waals surface area contributed by atoms with Crippen molar-refractivity contribution in [2.45, 2.75) is 39.2 Å². The molecule has 1 amide bonds. The Kier molecular flexibility index (Phi) is 3.99. The zero-order chi connectivity index (χ0) is 17.4. The lowest BCUT2D eigenvalue weighted by Crippen LogP contribution is -2.39. The van der Waals surface area contributed by atoms with Gasteiger partial charge >= 0.3 is 0 Å². The zero-order valence-corrected chi connectivity index (χ0v) is 14.6. The lowest BCUT2D eigenvalue weighted by molar-refractivity contribution is -0.133. The Morgan fingerprint density at radius 1 is 1.28 bits per heavy atom. The molecule has 3 aromatic rings. The van der Waals surface area contributed by atoms with Crippen molar-refractivity contribution < 1.29 is 4.79 Å². The molecule has 0 unspecified atom stereocenters. The van der Waals surface area contributed by atoms with Crippen LogP contribution in [0, 0.1) is 6.92 Å². The first-order valence-corrected chi connectivity index (χ1v) is 8.84. The molecular formula is C20H22N4O. The minimum atomic E-state index is -0.0774. The minimum Gasteiger partial charge on any atom is -0.337 e. The van der Waals surface area contributed by atoms with Gasteiger partial charge in [0.2, 0.25) is 5.91 Å². The number of carbonyl (C=O) groups is 1. The average Bonchev–Trinajstić information content (AvgIpc) is 3.03. The molecule has 0 saturated carbocycles. The Morgan fingerprint density at radius 2 is 2.08 bits per heavy atom. The molecule has 1 atom stereocenters. The van der Waals surface area contributed by atoms with E-state index in [-0.39, 0.29) is 11.8 Å². The van der Waals surface area contributed by atoms with Gasteiger partial charge in [-0.05, 0) is 18.9 Å². The molecule has 2 aromatic heterocycles. The molecule has 0 saturated heterocycles. The highest BCUT2D eigenvalue weighted by Gasteiger charge is 2.28. The highest BCUT2D eigenvalue weighted by Crippen LogP contribution is 2.26. The minimum absolute atomic E-state index is 0.0774. The summed E-state index contributed by atoms with van der Waals surface area (Å²) >= 11 is 0. The van der Waals surface area contributed by atoms with Crippen molar-refractivity contribution in [3.05, 3.63) is 65.1 Å². The summed E-state index contributed by atoms with van der Waals surface area (Å²) in [5.41, 5.74) is 5.21. The third-order valence-corrected chi connectivity index (χ3v) is 4.99. The van der Waals surface area contributed by atoms with Crippen LogP contribution in [0.4, 0.5) is 0 Å². The van der Waals surface area contributed by atoms with E-state index in [1.54, 1.807) is 0 Å². The Hall–Kier alpha value is -2.69. The van der Waals surface area contributed by atoms with Crippen molar-refractivity contribution in [2.75, 3.05) is 6.54 Å². The van der Waals surface area contributed by atoms with Crippen LogP contribution >= 0.6 is 0 Å². The first-order valence-electron chi connectivity index (χ1n) is 8.84. The van der Waals surface area contributed by atoms with Gasteiger partial charge in [-0.25, -0.2) is 9.50 Å². The average molecular weight is 334 g/mol. The van der Waals surface area contributed by atoms with Crippen LogP contribution in [0.2, 0.25) is 0 Å². The lowest BCUT2D eigenvalue weighted by atomic mass is 9.94. The number of aromatic nitrogens is 3. The Bertz CT molecular complexity index is 916. The normalized spacial score (nSPS) is 15.2. The predicted octanol–water partition coefficient (Wildman–Crippen LogP) is 3.12. The highest BCUT2D eigenvalue weighted by molar-refractivity contribution is 5.84. The fraction of sp³-hybridized carbons (Fsp3) is 0.350. The number of benzene rings is 1. The van der Waals surface area contributed by atoms with Gasteiger partial charge in [0.25, 0.3) is 0 Å². The maximum absolute atomic E-state index is 13.1. The third-order valence-electron chi connectivity index (χ3n) is 4.99. The summed E-state index contributed by atoms with van der Waals surface area (Å²) in [6.07, 6.45) is 3.52. The number of carbonyl (C=O) groups excluding carboxylic acids is 1. The molecule has 5 nitrogen and oxygen atoms in total. The Morgan fingerprint density at radius 3 is 2.84 bits per heavy atom. The third kappa shape index (κ3) is 2.80. The molecule has 1 aliphatic rings. The fourth-order valence-electron chi connectivity index (χ4n) is 3.70. The standard InChI is InChI=1S/C20H22N4O/c1-3-17(15-7-5-4-6-8-15)20(25)23-10-9-18-16(13-23)12-21-19-11-14(2)22-24(18)19/h4-8,11-12,17H,3,9-10,13H2,1-2H3/t17-/m1/s1. The molecule has 0 aliphatic carbocycles. The quantitative estimate of drug-likeness (QED) is 0.739. The van der Waals surface area contributed by atoms with Crippen molar-refractivity contribution in [2.24, 2.45) is 0 Å². The van der Waals surface area contributed by atoms with E-state index in [9.17, 15) is 4.79 Å². The van der Waals surface area contributed by atoms with Crippen molar-refractivity contribution in [3.63, 3.8) is 0 Å². The largest absolute Gasteiger partial charge is 0.337 e. The molecule has 0 fully saturated rings. The van der Waals surface area contributed by atoms with Crippen molar-refractivity contribution in [3.8, 4) is 0 Å². The van der Waals surface area contributed by atoms with Crippen molar-refractivity contribution in [1.29, 1.82) is 0 Å². The number of hydrogen-bond donors (Lipinski definition) is 0. The smallest absolute Gasteiger partial charge is 0.230 e. The molecule has 0 radical (unpaired) electrons. The van der Waals surface area contributed by atoms with Gasteiger partial charge in [0.05, 0.1) is 17.3 Å². The monoisotopic (exact) mass is 334 g/mol. The van der Waals surface area contributed by atoms with Gasteiger partial charge in [-0.1, -0.05) is 37.3 Å². The van der Waals surface area contributed by atoms with E-state index in [2.05, 4.69) is 17.0 Å². The molecule has 4 rings (SSSR count). The summed E-state index contributed by atoms with van der Waals surface area (Å²) in [4.78, 5) is 19.6. The number of nitrogens with zero attached hydrogens (tertiary/aromatic N) is 4. The number of rotatable bonds is 3. The topological polar surface area (TPSA) is 50.5 Å². The molecule has 0 bridgehead atoms. The van der Waals surface area contributed by atoms with E-state index in [1.165, 1.54) is 5.69 Å². The number of hydrogen-bond acceptors (Lipinski definition) is 3. The number of amides is 1. The van der Waals surface area contributed by atoms with Gasteiger partial charge in [-0.15, -0.1) is 0 Å². The molecule has 1 aromatic carbocycles. The molecule has 1 aliphatic heterocycles. The number of aryl methyl sites for hydroxylation is 1. The van der Waals surface area contributed by atoms with E-state index in [0.717, 1.165) is 41.9 Å². The van der Waals surface area contributed by atoms with Gasteiger partial charge in [0, 0.05) is 37.3 Å². The lowest BCUT2D eigenvalue weighted by Gasteiger charge is -2.31. The van der Waals surface area contributed by atoms with Crippen LogP contribution in [0.5, 0.6) is 0 Å². The summed E-state index contributed by atoms with van der Waals surface area (Å²) < 4.78 is 1.93. The fourth-order valence-corrected chi connectivity index (χ4v) is 3.70. The second kappa shape index (κ2) is 6.31. The van der Waals surface area contributed by atoms with Crippen LogP contribution in [0.3, 0.4) is 0 Å². The second-order valence-electron chi connectivity index (χ2n) is 6.67. The Balaban J connectivity index is 1.61. The summed E-state index contributed by atoms with van der Waals surface area (Å²) in [6, 6.07) is 12.1. The van der Waals surface area contributed by atoms with E-state index in [1.807, 2.05) is 58.9 Å². The van der Waals surface area contributed by atoms with Crippen LogP contribution in [0.25, 0.3) is 5.65 Å². The summed E-state index contributed by atoms with van der Waals surface area (Å²) in [5.74, 6) is 0.127. The van der Waals surface area contributed by atoms with E-state index >= 15 is 0 Å².